The van der Waals surface area contributed by atoms with Gasteiger partial charge in [-0.1, -0.05) is 97.1 Å². The monoisotopic (exact) mass is 590 g/mol. The van der Waals surface area contributed by atoms with Crippen LogP contribution in [-0.4, -0.2) is 60.4 Å². The summed E-state index contributed by atoms with van der Waals surface area (Å²) in [7, 11) is 1.27. The number of fused-ring (bicyclic) bond motifs is 6. The van der Waals surface area contributed by atoms with Crippen LogP contribution in [0.1, 0.15) is 46.9 Å². The van der Waals surface area contributed by atoms with E-state index >= 15 is 0 Å². The van der Waals surface area contributed by atoms with E-state index in [1.165, 1.54) is 7.05 Å². The summed E-state index contributed by atoms with van der Waals surface area (Å²) in [6.07, 6.45) is -0.979. The van der Waals surface area contributed by atoms with Gasteiger partial charge in [-0.05, 0) is 63.9 Å². The number of rotatable bonds is 10. The minimum Gasteiger partial charge on any atom is -0.479 e. The van der Waals surface area contributed by atoms with Gasteiger partial charge in [-0.25, -0.2) is 14.4 Å². The second kappa shape index (κ2) is 12.0. The van der Waals surface area contributed by atoms with Crippen LogP contribution in [0.4, 0.5) is 4.79 Å². The number of hydrogen-bond acceptors (Lipinski definition) is 6. The number of benzene rings is 4. The summed E-state index contributed by atoms with van der Waals surface area (Å²) in [6, 6.07) is 31.6. The van der Waals surface area contributed by atoms with Gasteiger partial charge in [-0.2, -0.15) is 0 Å². The van der Waals surface area contributed by atoms with Gasteiger partial charge in [0, 0.05) is 18.9 Å². The molecule has 1 unspecified atom stereocenters. The predicted molar refractivity (Wildman–Crippen MR) is 166 cm³/mol. The number of nitrogens with two attached hydrogens (primary N) is 1. The molecule has 1 amide bonds. The molecule has 8 nitrogen and oxygen atoms in total. The molecular weight excluding hydrogens is 556 g/mol. The maximum atomic E-state index is 13.8. The molecule has 0 saturated carbocycles. The Morgan fingerprint density at radius 1 is 0.705 bits per heavy atom. The van der Waals surface area contributed by atoms with Crippen molar-refractivity contribution in [3.8, 4) is 22.3 Å². The average Bonchev–Trinajstić information content (AvgIpc) is 3.55. The Balaban J connectivity index is 1.23. The van der Waals surface area contributed by atoms with Crippen LogP contribution in [0.5, 0.6) is 0 Å². The summed E-state index contributed by atoms with van der Waals surface area (Å²) in [5.74, 6) is -3.03. The molecule has 8 heteroatoms. The standard InChI is InChI=1S/C36H34N2O6/c1-38(35(42)44-22-32-29-17-8-4-13-25(29)26-14-5-9-18-30(26)32)36(33(39)40,19-10-20-37)34(41)43-21-31-27-15-6-2-11-23(27)24-12-3-7-16-28(24)31/h2-9,11-18,31-32H,10,19-22,37H2,1H3,(H,39,40). The van der Waals surface area contributed by atoms with E-state index in [2.05, 4.69) is 0 Å². The Morgan fingerprint density at radius 2 is 1.09 bits per heavy atom. The normalized spacial score (nSPS) is 14.5. The minimum atomic E-state index is -2.32. The zero-order valence-electron chi connectivity index (χ0n) is 24.4. The van der Waals surface area contributed by atoms with Gasteiger partial charge in [0.1, 0.15) is 13.2 Å². The lowest BCUT2D eigenvalue weighted by atomic mass is 9.91. The Bertz CT molecular complexity index is 1640. The van der Waals surface area contributed by atoms with Crippen molar-refractivity contribution < 1.29 is 29.0 Å². The molecule has 2 aliphatic carbocycles. The van der Waals surface area contributed by atoms with Crippen molar-refractivity contribution in [2.45, 2.75) is 30.2 Å². The fraction of sp³-hybridized carbons (Fsp3) is 0.250. The average molecular weight is 591 g/mol. The number of aliphatic carboxylic acids is 1. The summed E-state index contributed by atoms with van der Waals surface area (Å²) < 4.78 is 11.5. The van der Waals surface area contributed by atoms with Crippen LogP contribution < -0.4 is 5.73 Å². The highest BCUT2D eigenvalue weighted by Crippen LogP contribution is 2.46. The lowest BCUT2D eigenvalue weighted by Gasteiger charge is -2.35. The van der Waals surface area contributed by atoms with E-state index in [1.54, 1.807) is 0 Å². The number of nitrogens with zero attached hydrogens (tertiary/aromatic N) is 1. The van der Waals surface area contributed by atoms with E-state index in [-0.39, 0.29) is 44.4 Å². The van der Waals surface area contributed by atoms with E-state index in [4.69, 9.17) is 15.2 Å². The third-order valence-electron chi connectivity index (χ3n) is 8.96. The van der Waals surface area contributed by atoms with Crippen molar-refractivity contribution in [1.82, 2.24) is 4.90 Å². The van der Waals surface area contributed by atoms with Crippen LogP contribution in [0.2, 0.25) is 0 Å². The number of likely N-dealkylation sites (N-methyl/N-ethyl adjacent to an activating group) is 1. The van der Waals surface area contributed by atoms with Gasteiger partial charge >= 0.3 is 18.0 Å². The molecule has 1 atom stereocenters. The molecule has 4 aromatic carbocycles. The quantitative estimate of drug-likeness (QED) is 0.177. The van der Waals surface area contributed by atoms with Crippen molar-refractivity contribution in [2.75, 3.05) is 26.8 Å². The SMILES string of the molecule is CN(C(=O)OCC1c2ccccc2-c2ccccc21)C(CCCN)(C(=O)O)C(=O)OCC1c2ccccc2-c2ccccc21. The lowest BCUT2D eigenvalue weighted by molar-refractivity contribution is -0.170. The second-order valence-corrected chi connectivity index (χ2v) is 11.2. The van der Waals surface area contributed by atoms with Gasteiger partial charge in [0.25, 0.3) is 0 Å². The maximum Gasteiger partial charge on any atom is 0.410 e. The summed E-state index contributed by atoms with van der Waals surface area (Å²) >= 11 is 0. The first-order chi connectivity index (χ1) is 21.4. The van der Waals surface area contributed by atoms with E-state index in [1.807, 2.05) is 97.1 Å². The molecule has 4 aromatic rings. The van der Waals surface area contributed by atoms with Crippen LogP contribution in [0.25, 0.3) is 22.3 Å². The van der Waals surface area contributed by atoms with Crippen molar-refractivity contribution >= 4 is 18.0 Å². The summed E-state index contributed by atoms with van der Waals surface area (Å²) in [4.78, 5) is 41.1. The van der Waals surface area contributed by atoms with E-state index < -0.39 is 23.6 Å². The van der Waals surface area contributed by atoms with Crippen LogP contribution in [-0.2, 0) is 19.1 Å². The van der Waals surface area contributed by atoms with Crippen molar-refractivity contribution in [3.05, 3.63) is 119 Å². The lowest BCUT2D eigenvalue weighted by Crippen LogP contribution is -2.61. The summed E-state index contributed by atoms with van der Waals surface area (Å²) in [5.41, 5.74) is 11.7. The Kier molecular flexibility index (Phi) is 7.93. The molecule has 0 radical (unpaired) electrons. The first-order valence-electron chi connectivity index (χ1n) is 14.8. The molecule has 0 aliphatic heterocycles. The number of carbonyl (C=O) groups is 3. The molecule has 0 fully saturated rings. The number of carbonyl (C=O) groups excluding carboxylic acids is 2. The fourth-order valence-electron chi connectivity index (χ4n) is 6.67. The number of amides is 1. The molecule has 0 saturated heterocycles. The smallest absolute Gasteiger partial charge is 0.410 e. The summed E-state index contributed by atoms with van der Waals surface area (Å²) in [5, 5.41) is 10.5. The third kappa shape index (κ3) is 4.81. The minimum absolute atomic E-state index is 0.0194. The van der Waals surface area contributed by atoms with Crippen LogP contribution in [0.15, 0.2) is 97.1 Å². The highest BCUT2D eigenvalue weighted by atomic mass is 16.6. The van der Waals surface area contributed by atoms with Crippen molar-refractivity contribution in [2.24, 2.45) is 5.73 Å². The number of hydrogen-bond donors (Lipinski definition) is 2. The zero-order valence-corrected chi connectivity index (χ0v) is 24.4. The fourth-order valence-corrected chi connectivity index (χ4v) is 6.67. The second-order valence-electron chi connectivity index (χ2n) is 11.2. The molecule has 0 heterocycles. The van der Waals surface area contributed by atoms with Crippen LogP contribution in [0, 0.1) is 0 Å². The zero-order chi connectivity index (χ0) is 30.8. The molecule has 0 spiro atoms. The number of carboxylic acid groups (broad SMARTS) is 1. The van der Waals surface area contributed by atoms with Gasteiger partial charge in [-0.3, -0.25) is 4.90 Å². The molecular formula is C36H34N2O6. The van der Waals surface area contributed by atoms with Gasteiger partial charge < -0.3 is 20.3 Å². The van der Waals surface area contributed by atoms with Crippen molar-refractivity contribution in [3.63, 3.8) is 0 Å². The number of carboxylic acids is 1. The molecule has 0 aromatic heterocycles. The summed E-state index contributed by atoms with van der Waals surface area (Å²) in [6.45, 7) is 0.0295. The topological polar surface area (TPSA) is 119 Å². The first kappa shape index (κ1) is 29.1. The number of esters is 1. The largest absolute Gasteiger partial charge is 0.479 e. The molecule has 6 rings (SSSR count). The van der Waals surface area contributed by atoms with E-state index in [0.29, 0.717) is 0 Å². The van der Waals surface area contributed by atoms with Gasteiger partial charge in [0.15, 0.2) is 0 Å². The van der Waals surface area contributed by atoms with E-state index in [9.17, 15) is 19.5 Å². The van der Waals surface area contributed by atoms with Crippen molar-refractivity contribution in [1.29, 1.82) is 0 Å². The van der Waals surface area contributed by atoms with Gasteiger partial charge in [0.2, 0.25) is 5.54 Å². The first-order valence-corrected chi connectivity index (χ1v) is 14.8. The highest BCUT2D eigenvalue weighted by Gasteiger charge is 2.54. The van der Waals surface area contributed by atoms with Crippen LogP contribution in [0.3, 0.4) is 0 Å². The number of ether oxygens (including phenoxy) is 2. The molecule has 44 heavy (non-hydrogen) atoms. The third-order valence-corrected chi connectivity index (χ3v) is 8.96. The Labute approximate surface area is 256 Å². The molecule has 224 valence electrons. The molecule has 0 bridgehead atoms. The van der Waals surface area contributed by atoms with Gasteiger partial charge in [0.05, 0.1) is 0 Å². The molecule has 2 aliphatic rings. The predicted octanol–water partition coefficient (Wildman–Crippen LogP) is 5.79. The maximum absolute atomic E-state index is 13.8. The van der Waals surface area contributed by atoms with Gasteiger partial charge in [-0.15, -0.1) is 0 Å². The van der Waals surface area contributed by atoms with Crippen LogP contribution >= 0.6 is 0 Å². The van der Waals surface area contributed by atoms with E-state index in [0.717, 1.165) is 49.4 Å². The molecule has 3 N–H and O–H groups in total. The Morgan fingerprint density at radius 3 is 1.48 bits per heavy atom. The highest BCUT2D eigenvalue weighted by molar-refractivity contribution is 6.06. The Hall–Kier alpha value is -4.95.